The SMILES string of the molecule is O=C(O)C1CCN(C(=O)CN2CCCC2CCCO)CC1. The van der Waals surface area contributed by atoms with Gasteiger partial charge in [0.15, 0.2) is 0 Å². The third-order valence-electron chi connectivity index (χ3n) is 4.73. The zero-order valence-corrected chi connectivity index (χ0v) is 12.5. The summed E-state index contributed by atoms with van der Waals surface area (Å²) in [4.78, 5) is 27.3. The van der Waals surface area contributed by atoms with E-state index >= 15 is 0 Å². The Labute approximate surface area is 125 Å². The maximum atomic E-state index is 12.3. The number of carbonyl (C=O) groups is 2. The molecule has 0 aromatic heterocycles. The summed E-state index contributed by atoms with van der Waals surface area (Å²) in [6.45, 7) is 2.72. The molecule has 0 saturated carbocycles. The molecular formula is C15H26N2O4. The van der Waals surface area contributed by atoms with Gasteiger partial charge in [-0.25, -0.2) is 0 Å². The minimum Gasteiger partial charge on any atom is -0.481 e. The number of carboxylic acids is 1. The lowest BCUT2D eigenvalue weighted by atomic mass is 9.97. The van der Waals surface area contributed by atoms with Gasteiger partial charge in [0.1, 0.15) is 0 Å². The molecular weight excluding hydrogens is 272 g/mol. The van der Waals surface area contributed by atoms with E-state index in [0.29, 0.717) is 38.5 Å². The molecule has 2 N–H and O–H groups in total. The number of aliphatic carboxylic acids is 1. The Hall–Kier alpha value is -1.14. The molecule has 2 saturated heterocycles. The Kier molecular flexibility index (Phi) is 5.99. The van der Waals surface area contributed by atoms with Crippen molar-refractivity contribution in [1.82, 2.24) is 9.80 Å². The number of likely N-dealkylation sites (tertiary alicyclic amines) is 2. The van der Waals surface area contributed by atoms with Crippen molar-refractivity contribution in [3.63, 3.8) is 0 Å². The van der Waals surface area contributed by atoms with Crippen LogP contribution in [0, 0.1) is 5.92 Å². The molecule has 2 fully saturated rings. The fourth-order valence-electron chi connectivity index (χ4n) is 3.41. The van der Waals surface area contributed by atoms with Crippen LogP contribution in [0.5, 0.6) is 0 Å². The summed E-state index contributed by atoms with van der Waals surface area (Å²) in [7, 11) is 0. The summed E-state index contributed by atoms with van der Waals surface area (Å²) in [5.41, 5.74) is 0. The molecule has 1 atom stereocenters. The minimum atomic E-state index is -0.745. The maximum absolute atomic E-state index is 12.3. The van der Waals surface area contributed by atoms with Crippen LogP contribution < -0.4 is 0 Å². The second-order valence-corrected chi connectivity index (χ2v) is 6.13. The second-order valence-electron chi connectivity index (χ2n) is 6.13. The Morgan fingerprint density at radius 1 is 1.10 bits per heavy atom. The van der Waals surface area contributed by atoms with E-state index in [1.165, 1.54) is 0 Å². The number of rotatable bonds is 6. The molecule has 2 rings (SSSR count). The number of amides is 1. The van der Waals surface area contributed by atoms with Gasteiger partial charge in [-0.05, 0) is 45.1 Å². The number of piperidine rings is 1. The van der Waals surface area contributed by atoms with E-state index in [4.69, 9.17) is 10.2 Å². The highest BCUT2D eigenvalue weighted by atomic mass is 16.4. The van der Waals surface area contributed by atoms with Crippen molar-refractivity contribution < 1.29 is 19.8 Å². The molecule has 1 unspecified atom stereocenters. The van der Waals surface area contributed by atoms with Crippen molar-refractivity contribution >= 4 is 11.9 Å². The van der Waals surface area contributed by atoms with Crippen LogP contribution >= 0.6 is 0 Å². The zero-order valence-electron chi connectivity index (χ0n) is 12.5. The van der Waals surface area contributed by atoms with Crippen LogP contribution in [0.15, 0.2) is 0 Å². The van der Waals surface area contributed by atoms with E-state index in [1.54, 1.807) is 4.90 Å². The van der Waals surface area contributed by atoms with E-state index < -0.39 is 5.97 Å². The Balaban J connectivity index is 1.77. The van der Waals surface area contributed by atoms with Gasteiger partial charge >= 0.3 is 5.97 Å². The van der Waals surface area contributed by atoms with Crippen LogP contribution in [-0.2, 0) is 9.59 Å². The van der Waals surface area contributed by atoms with Crippen molar-refractivity contribution in [2.45, 2.75) is 44.6 Å². The molecule has 0 aromatic carbocycles. The van der Waals surface area contributed by atoms with E-state index in [9.17, 15) is 9.59 Å². The van der Waals surface area contributed by atoms with Crippen molar-refractivity contribution in [1.29, 1.82) is 0 Å². The number of aliphatic hydroxyl groups excluding tert-OH is 1. The minimum absolute atomic E-state index is 0.120. The Bertz CT molecular complexity index is 367. The largest absolute Gasteiger partial charge is 0.481 e. The summed E-state index contributed by atoms with van der Waals surface area (Å²) in [5, 5.41) is 17.9. The van der Waals surface area contributed by atoms with Gasteiger partial charge in [0.05, 0.1) is 12.5 Å². The molecule has 21 heavy (non-hydrogen) atoms. The van der Waals surface area contributed by atoms with Crippen LogP contribution in [0.25, 0.3) is 0 Å². The van der Waals surface area contributed by atoms with Crippen LogP contribution in [-0.4, -0.2) is 70.7 Å². The van der Waals surface area contributed by atoms with Crippen molar-refractivity contribution in [2.75, 3.05) is 32.8 Å². The first-order chi connectivity index (χ1) is 10.1. The van der Waals surface area contributed by atoms with Gasteiger partial charge in [-0.15, -0.1) is 0 Å². The monoisotopic (exact) mass is 298 g/mol. The predicted molar refractivity (Wildman–Crippen MR) is 77.9 cm³/mol. The average molecular weight is 298 g/mol. The molecule has 2 aliphatic heterocycles. The number of carboxylic acid groups (broad SMARTS) is 1. The second kappa shape index (κ2) is 7.75. The fourth-order valence-corrected chi connectivity index (χ4v) is 3.41. The summed E-state index contributed by atoms with van der Waals surface area (Å²) in [6.07, 6.45) is 5.09. The molecule has 0 aromatic rings. The zero-order chi connectivity index (χ0) is 15.2. The van der Waals surface area contributed by atoms with Crippen molar-refractivity contribution in [3.05, 3.63) is 0 Å². The molecule has 6 heteroatoms. The molecule has 0 radical (unpaired) electrons. The third kappa shape index (κ3) is 4.41. The van der Waals surface area contributed by atoms with Crippen LogP contribution in [0.3, 0.4) is 0 Å². The number of hydrogen-bond donors (Lipinski definition) is 2. The van der Waals surface area contributed by atoms with Crippen molar-refractivity contribution in [2.24, 2.45) is 5.92 Å². The Morgan fingerprint density at radius 3 is 2.43 bits per heavy atom. The van der Waals surface area contributed by atoms with Gasteiger partial charge in [-0.1, -0.05) is 0 Å². The topological polar surface area (TPSA) is 81.1 Å². The predicted octanol–water partition coefficient (Wildman–Crippen LogP) is 0.546. The summed E-state index contributed by atoms with van der Waals surface area (Å²) in [5.74, 6) is -0.918. The number of nitrogens with zero attached hydrogens (tertiary/aromatic N) is 2. The molecule has 6 nitrogen and oxygen atoms in total. The standard InChI is InChI=1S/C15H26N2O4/c18-10-2-4-13-3-1-7-17(13)11-14(19)16-8-5-12(6-9-16)15(20)21/h12-13,18H,1-11H2,(H,20,21). The summed E-state index contributed by atoms with van der Waals surface area (Å²) < 4.78 is 0. The van der Waals surface area contributed by atoms with Crippen LogP contribution in [0.4, 0.5) is 0 Å². The van der Waals surface area contributed by atoms with Crippen LogP contribution in [0.2, 0.25) is 0 Å². The van der Waals surface area contributed by atoms with Gasteiger partial charge in [0, 0.05) is 25.7 Å². The Morgan fingerprint density at radius 2 is 1.81 bits per heavy atom. The van der Waals surface area contributed by atoms with Gasteiger partial charge in [0.25, 0.3) is 0 Å². The normalized spacial score (nSPS) is 24.4. The third-order valence-corrected chi connectivity index (χ3v) is 4.73. The average Bonchev–Trinajstić information content (AvgIpc) is 2.92. The molecule has 0 spiro atoms. The molecule has 1 amide bonds. The first-order valence-corrected chi connectivity index (χ1v) is 7.97. The lowest BCUT2D eigenvalue weighted by Gasteiger charge is -2.32. The lowest BCUT2D eigenvalue weighted by Crippen LogP contribution is -2.46. The van der Waals surface area contributed by atoms with Crippen LogP contribution in [0.1, 0.15) is 38.5 Å². The first kappa shape index (κ1) is 16.2. The number of hydrogen-bond acceptors (Lipinski definition) is 4. The highest BCUT2D eigenvalue weighted by molar-refractivity contribution is 5.79. The van der Waals surface area contributed by atoms with Gasteiger partial charge in [-0.2, -0.15) is 0 Å². The van der Waals surface area contributed by atoms with Gasteiger partial charge in [0.2, 0.25) is 5.91 Å². The number of carbonyl (C=O) groups excluding carboxylic acids is 1. The van der Waals surface area contributed by atoms with E-state index in [-0.39, 0.29) is 18.4 Å². The van der Waals surface area contributed by atoms with E-state index in [2.05, 4.69) is 4.90 Å². The quantitative estimate of drug-likeness (QED) is 0.748. The van der Waals surface area contributed by atoms with E-state index in [0.717, 1.165) is 32.2 Å². The molecule has 2 heterocycles. The van der Waals surface area contributed by atoms with E-state index in [1.807, 2.05) is 0 Å². The molecule has 0 bridgehead atoms. The maximum Gasteiger partial charge on any atom is 0.306 e. The molecule has 2 aliphatic rings. The van der Waals surface area contributed by atoms with Gasteiger partial charge < -0.3 is 15.1 Å². The first-order valence-electron chi connectivity index (χ1n) is 7.97. The highest BCUT2D eigenvalue weighted by Crippen LogP contribution is 2.22. The van der Waals surface area contributed by atoms with Gasteiger partial charge in [-0.3, -0.25) is 14.5 Å². The molecule has 0 aliphatic carbocycles. The van der Waals surface area contributed by atoms with Crippen molar-refractivity contribution in [3.8, 4) is 0 Å². The highest BCUT2D eigenvalue weighted by Gasteiger charge is 2.30. The molecule has 120 valence electrons. The fraction of sp³-hybridized carbons (Fsp3) is 0.867. The lowest BCUT2D eigenvalue weighted by molar-refractivity contribution is -0.146. The summed E-state index contributed by atoms with van der Waals surface area (Å²) >= 11 is 0. The summed E-state index contributed by atoms with van der Waals surface area (Å²) in [6, 6.07) is 0.414. The smallest absolute Gasteiger partial charge is 0.306 e. The number of aliphatic hydroxyl groups is 1.